The predicted molar refractivity (Wildman–Crippen MR) is 93.2 cm³/mol. The molecule has 0 bridgehead atoms. The van der Waals surface area contributed by atoms with Crippen LogP contribution in [0.2, 0.25) is 0 Å². The van der Waals surface area contributed by atoms with Crippen LogP contribution in [0, 0.1) is 10.1 Å². The third-order valence-electron chi connectivity index (χ3n) is 4.74. The summed E-state index contributed by atoms with van der Waals surface area (Å²) in [6.07, 6.45) is 0.279. The number of aliphatic carboxylic acids is 1. The highest BCUT2D eigenvalue weighted by molar-refractivity contribution is 5.87. The van der Waals surface area contributed by atoms with Crippen molar-refractivity contribution in [1.82, 2.24) is 10.3 Å². The molecule has 0 unspecified atom stereocenters. The Balaban J connectivity index is 1.93. The minimum atomic E-state index is -1.02. The fraction of sp³-hybridized carbons (Fsp3) is 0.167. The summed E-state index contributed by atoms with van der Waals surface area (Å²) < 4.78 is 0. The van der Waals surface area contributed by atoms with Gasteiger partial charge in [-0.05, 0) is 17.7 Å². The number of phenols is 1. The lowest BCUT2D eigenvalue weighted by Crippen LogP contribution is -2.45. The van der Waals surface area contributed by atoms with Crippen molar-refractivity contribution in [2.75, 3.05) is 0 Å². The molecule has 132 valence electrons. The molecule has 1 aliphatic rings. The number of aromatic nitrogens is 1. The van der Waals surface area contributed by atoms with Crippen molar-refractivity contribution >= 4 is 22.6 Å². The standard InChI is InChI=1S/C18H15N3O5/c22-15-6-5-9(21(25)26)7-12(15)17-16-11(8-14(20-17)18(23)24)10-3-1-2-4-13(10)19-16/h1-7,14,17,19-20,22H,8H2,(H,23,24)/t14-,17-/m0/s1. The topological polar surface area (TPSA) is 128 Å². The number of aromatic amines is 1. The van der Waals surface area contributed by atoms with Crippen LogP contribution in [0.25, 0.3) is 10.9 Å². The van der Waals surface area contributed by atoms with E-state index in [1.54, 1.807) is 0 Å². The van der Waals surface area contributed by atoms with E-state index in [0.29, 0.717) is 5.69 Å². The Kier molecular flexibility index (Phi) is 3.62. The van der Waals surface area contributed by atoms with Crippen LogP contribution in [0.5, 0.6) is 5.75 Å². The van der Waals surface area contributed by atoms with Crippen molar-refractivity contribution in [3.63, 3.8) is 0 Å². The largest absolute Gasteiger partial charge is 0.508 e. The molecule has 0 saturated carbocycles. The van der Waals surface area contributed by atoms with E-state index < -0.39 is 23.0 Å². The molecule has 4 N–H and O–H groups in total. The zero-order valence-electron chi connectivity index (χ0n) is 13.5. The van der Waals surface area contributed by atoms with Gasteiger partial charge in [0.1, 0.15) is 11.8 Å². The Morgan fingerprint density at radius 2 is 2.00 bits per heavy atom. The van der Waals surface area contributed by atoms with Gasteiger partial charge in [-0.25, -0.2) is 0 Å². The first-order chi connectivity index (χ1) is 12.5. The van der Waals surface area contributed by atoms with Crippen molar-refractivity contribution in [1.29, 1.82) is 0 Å². The van der Waals surface area contributed by atoms with Gasteiger partial charge in [0.15, 0.2) is 0 Å². The molecule has 4 rings (SSSR count). The minimum absolute atomic E-state index is 0.135. The normalized spacial score (nSPS) is 19.2. The van der Waals surface area contributed by atoms with Crippen LogP contribution in [0.1, 0.15) is 22.9 Å². The van der Waals surface area contributed by atoms with Gasteiger partial charge in [0.25, 0.3) is 5.69 Å². The molecule has 0 radical (unpaired) electrons. The molecule has 8 heteroatoms. The molecular formula is C18H15N3O5. The molecule has 1 aromatic heterocycles. The highest BCUT2D eigenvalue weighted by Gasteiger charge is 2.35. The van der Waals surface area contributed by atoms with Gasteiger partial charge in [0.05, 0.1) is 11.0 Å². The van der Waals surface area contributed by atoms with Gasteiger partial charge in [0, 0.05) is 40.7 Å². The second-order valence-corrected chi connectivity index (χ2v) is 6.26. The number of carboxylic acid groups (broad SMARTS) is 1. The monoisotopic (exact) mass is 353 g/mol. The van der Waals surface area contributed by atoms with E-state index in [1.165, 1.54) is 18.2 Å². The fourth-order valence-corrected chi connectivity index (χ4v) is 3.53. The number of nitro benzene ring substituents is 1. The van der Waals surface area contributed by atoms with Crippen LogP contribution in [0.4, 0.5) is 5.69 Å². The van der Waals surface area contributed by atoms with Crippen molar-refractivity contribution < 1.29 is 19.9 Å². The average Bonchev–Trinajstić information content (AvgIpc) is 3.00. The molecule has 26 heavy (non-hydrogen) atoms. The highest BCUT2D eigenvalue weighted by Crippen LogP contribution is 2.39. The summed E-state index contributed by atoms with van der Waals surface area (Å²) in [7, 11) is 0. The van der Waals surface area contributed by atoms with Crippen molar-refractivity contribution in [3.8, 4) is 5.75 Å². The number of H-pyrrole nitrogens is 1. The van der Waals surface area contributed by atoms with Gasteiger partial charge < -0.3 is 15.2 Å². The maximum atomic E-state index is 11.6. The van der Waals surface area contributed by atoms with Crippen molar-refractivity contribution in [2.45, 2.75) is 18.5 Å². The van der Waals surface area contributed by atoms with Crippen LogP contribution in [-0.4, -0.2) is 32.1 Å². The van der Waals surface area contributed by atoms with Gasteiger partial charge in [-0.15, -0.1) is 0 Å². The van der Waals surface area contributed by atoms with Crippen LogP contribution >= 0.6 is 0 Å². The molecule has 0 saturated heterocycles. The summed E-state index contributed by atoms with van der Waals surface area (Å²) in [6.45, 7) is 0. The Morgan fingerprint density at radius 1 is 1.23 bits per heavy atom. The summed E-state index contributed by atoms with van der Waals surface area (Å²) in [5.41, 5.74) is 2.48. The second-order valence-electron chi connectivity index (χ2n) is 6.26. The Bertz CT molecular complexity index is 1040. The van der Waals surface area contributed by atoms with Gasteiger partial charge in [-0.2, -0.15) is 0 Å². The summed E-state index contributed by atoms with van der Waals surface area (Å²) in [5, 5.41) is 34.8. The number of rotatable bonds is 3. The molecule has 0 aliphatic carbocycles. The molecule has 2 aromatic carbocycles. The molecule has 1 aliphatic heterocycles. The van der Waals surface area contributed by atoms with E-state index in [1.807, 2.05) is 24.3 Å². The number of phenolic OH excluding ortho intramolecular Hbond substituents is 1. The first-order valence-corrected chi connectivity index (χ1v) is 8.01. The van der Waals surface area contributed by atoms with Gasteiger partial charge >= 0.3 is 5.97 Å². The van der Waals surface area contributed by atoms with Crippen molar-refractivity contribution in [2.24, 2.45) is 0 Å². The van der Waals surface area contributed by atoms with E-state index in [9.17, 15) is 25.1 Å². The van der Waals surface area contributed by atoms with Crippen LogP contribution < -0.4 is 5.32 Å². The molecule has 8 nitrogen and oxygen atoms in total. The third-order valence-corrected chi connectivity index (χ3v) is 4.74. The van der Waals surface area contributed by atoms with E-state index in [0.717, 1.165) is 16.5 Å². The number of hydrogen-bond acceptors (Lipinski definition) is 5. The molecule has 2 heterocycles. The zero-order valence-corrected chi connectivity index (χ0v) is 13.5. The first kappa shape index (κ1) is 16.1. The van der Waals surface area contributed by atoms with Gasteiger partial charge in [-0.3, -0.25) is 20.2 Å². The number of carboxylic acids is 1. The number of fused-ring (bicyclic) bond motifs is 3. The molecule has 2 atom stereocenters. The highest BCUT2D eigenvalue weighted by atomic mass is 16.6. The summed E-state index contributed by atoms with van der Waals surface area (Å²) in [5.74, 6) is -1.15. The predicted octanol–water partition coefficient (Wildman–Crippen LogP) is 2.47. The number of nitro groups is 1. The number of benzene rings is 2. The molecule has 0 fully saturated rings. The number of carbonyl (C=O) groups is 1. The fourth-order valence-electron chi connectivity index (χ4n) is 3.53. The quantitative estimate of drug-likeness (QED) is 0.423. The van der Waals surface area contributed by atoms with E-state index in [4.69, 9.17) is 0 Å². The van der Waals surface area contributed by atoms with Gasteiger partial charge in [-0.1, -0.05) is 18.2 Å². The van der Waals surface area contributed by atoms with Crippen LogP contribution in [0.15, 0.2) is 42.5 Å². The number of hydrogen-bond donors (Lipinski definition) is 4. The Labute approximate surface area is 147 Å². The lowest BCUT2D eigenvalue weighted by atomic mass is 9.90. The van der Waals surface area contributed by atoms with E-state index in [-0.39, 0.29) is 23.4 Å². The number of nitrogens with one attached hydrogen (secondary N) is 2. The lowest BCUT2D eigenvalue weighted by Gasteiger charge is -2.29. The van der Waals surface area contributed by atoms with Crippen LogP contribution in [-0.2, 0) is 11.2 Å². The average molecular weight is 353 g/mol. The third kappa shape index (κ3) is 2.47. The smallest absolute Gasteiger partial charge is 0.321 e. The lowest BCUT2D eigenvalue weighted by molar-refractivity contribution is -0.385. The number of non-ortho nitro benzene ring substituents is 1. The maximum absolute atomic E-state index is 11.6. The Hall–Kier alpha value is -3.39. The first-order valence-electron chi connectivity index (χ1n) is 8.01. The second kappa shape index (κ2) is 5.85. The number of nitrogens with zero attached hydrogens (tertiary/aromatic N) is 1. The molecule has 0 amide bonds. The van der Waals surface area contributed by atoms with Crippen LogP contribution in [0.3, 0.4) is 0 Å². The maximum Gasteiger partial charge on any atom is 0.321 e. The number of aromatic hydroxyl groups is 1. The summed E-state index contributed by atoms with van der Waals surface area (Å²) in [4.78, 5) is 25.4. The molecule has 3 aromatic rings. The molecule has 0 spiro atoms. The van der Waals surface area contributed by atoms with Crippen molar-refractivity contribution in [3.05, 3.63) is 69.4 Å². The SMILES string of the molecule is O=C(O)[C@@H]1Cc2c([nH]c3ccccc23)[C@H](c2cc([N+](=O)[O-])ccc2O)N1. The summed E-state index contributed by atoms with van der Waals surface area (Å²) >= 11 is 0. The molecular weight excluding hydrogens is 338 g/mol. The Morgan fingerprint density at radius 3 is 2.73 bits per heavy atom. The van der Waals surface area contributed by atoms with Gasteiger partial charge in [0.2, 0.25) is 0 Å². The van der Waals surface area contributed by atoms with E-state index >= 15 is 0 Å². The summed E-state index contributed by atoms with van der Waals surface area (Å²) in [6, 6.07) is 9.68. The zero-order chi connectivity index (χ0) is 18.4. The van der Waals surface area contributed by atoms with E-state index in [2.05, 4.69) is 10.3 Å². The minimum Gasteiger partial charge on any atom is -0.508 e. The number of para-hydroxylation sites is 1.